The van der Waals surface area contributed by atoms with Crippen LogP contribution < -0.4 is 0 Å². The molecule has 0 amide bonds. The smallest absolute Gasteiger partial charge is 0.00638 e. The molecule has 0 aliphatic heterocycles. The van der Waals surface area contributed by atoms with E-state index in [1.54, 1.807) is 0 Å². The van der Waals surface area contributed by atoms with E-state index in [1.165, 1.54) is 53.5 Å². The molecule has 0 spiro atoms. The van der Waals surface area contributed by atoms with Crippen LogP contribution in [0, 0.1) is 12.3 Å². The third-order valence-corrected chi connectivity index (χ3v) is 5.81. The van der Waals surface area contributed by atoms with Crippen LogP contribution in [-0.4, -0.2) is 0 Å². The largest absolute Gasteiger partial charge is 0.0799 e. The standard InChI is InChI=1S/C24H34/c1-6-24(5,7-2)16-15-21-9-8-10-22-14-12-20(4)18-23(22)17-19(3)11-13-21/h8-9,11-14,18H,6-7,10,15-17H2,1-5H3/b9-8+,19-11+,21-13+. The molecule has 0 atom stereocenters. The van der Waals surface area contributed by atoms with Crippen LogP contribution in [0.4, 0.5) is 0 Å². The van der Waals surface area contributed by atoms with Crippen molar-refractivity contribution < 1.29 is 0 Å². The maximum atomic E-state index is 2.43. The third kappa shape index (κ3) is 5.23. The molecule has 1 aromatic rings. The first-order chi connectivity index (χ1) is 11.5. The Kier molecular flexibility index (Phi) is 6.66. The van der Waals surface area contributed by atoms with Crippen LogP contribution in [0.3, 0.4) is 0 Å². The summed E-state index contributed by atoms with van der Waals surface area (Å²) >= 11 is 0. The minimum Gasteiger partial charge on any atom is -0.0799 e. The third-order valence-electron chi connectivity index (χ3n) is 5.81. The zero-order valence-corrected chi connectivity index (χ0v) is 16.3. The van der Waals surface area contributed by atoms with Crippen LogP contribution in [0.15, 0.2) is 53.6 Å². The molecule has 24 heavy (non-hydrogen) atoms. The predicted octanol–water partition coefficient (Wildman–Crippen LogP) is 7.13. The Morgan fingerprint density at radius 1 is 1.00 bits per heavy atom. The zero-order chi connectivity index (χ0) is 17.6. The van der Waals surface area contributed by atoms with Gasteiger partial charge in [-0.1, -0.05) is 87.3 Å². The van der Waals surface area contributed by atoms with E-state index in [4.69, 9.17) is 0 Å². The number of fused-ring (bicyclic) bond motifs is 1. The molecule has 0 heteroatoms. The van der Waals surface area contributed by atoms with Gasteiger partial charge in [0.25, 0.3) is 0 Å². The highest BCUT2D eigenvalue weighted by atomic mass is 14.2. The lowest BCUT2D eigenvalue weighted by Crippen LogP contribution is -2.13. The van der Waals surface area contributed by atoms with E-state index in [2.05, 4.69) is 77.1 Å². The van der Waals surface area contributed by atoms with Gasteiger partial charge in [0.05, 0.1) is 0 Å². The molecule has 2 rings (SSSR count). The fourth-order valence-electron chi connectivity index (χ4n) is 3.34. The summed E-state index contributed by atoms with van der Waals surface area (Å²) in [6, 6.07) is 6.89. The first kappa shape index (κ1) is 18.8. The molecule has 1 aliphatic rings. The molecule has 1 aromatic carbocycles. The van der Waals surface area contributed by atoms with Gasteiger partial charge < -0.3 is 0 Å². The highest BCUT2D eigenvalue weighted by Gasteiger charge is 2.19. The summed E-state index contributed by atoms with van der Waals surface area (Å²) in [6.45, 7) is 11.5. The Labute approximate surface area is 149 Å². The topological polar surface area (TPSA) is 0 Å². The van der Waals surface area contributed by atoms with Gasteiger partial charge in [0.15, 0.2) is 0 Å². The van der Waals surface area contributed by atoms with Crippen LogP contribution >= 0.6 is 0 Å². The van der Waals surface area contributed by atoms with Gasteiger partial charge in [0.2, 0.25) is 0 Å². The monoisotopic (exact) mass is 322 g/mol. The van der Waals surface area contributed by atoms with Crippen LogP contribution in [0.25, 0.3) is 0 Å². The molecule has 0 aromatic heterocycles. The lowest BCUT2D eigenvalue weighted by atomic mass is 9.79. The van der Waals surface area contributed by atoms with Crippen LogP contribution in [0.2, 0.25) is 0 Å². The van der Waals surface area contributed by atoms with E-state index in [9.17, 15) is 0 Å². The van der Waals surface area contributed by atoms with Gasteiger partial charge in [-0.2, -0.15) is 0 Å². The summed E-state index contributed by atoms with van der Waals surface area (Å²) in [6.07, 6.45) is 16.5. The van der Waals surface area contributed by atoms with Gasteiger partial charge in [-0.05, 0) is 61.6 Å². The summed E-state index contributed by atoms with van der Waals surface area (Å²) in [5, 5.41) is 0. The average molecular weight is 323 g/mol. The fraction of sp³-hybridized carbons (Fsp3) is 0.500. The van der Waals surface area contributed by atoms with E-state index in [0.717, 1.165) is 12.8 Å². The average Bonchev–Trinajstić information content (AvgIpc) is 2.58. The normalized spacial score (nSPS) is 21.2. The Hall–Kier alpha value is -1.56. The van der Waals surface area contributed by atoms with Crippen molar-refractivity contribution in [1.82, 2.24) is 0 Å². The summed E-state index contributed by atoms with van der Waals surface area (Å²) in [4.78, 5) is 0. The van der Waals surface area contributed by atoms with E-state index in [1.807, 2.05) is 0 Å². The van der Waals surface area contributed by atoms with Crippen molar-refractivity contribution >= 4 is 0 Å². The molecule has 0 saturated carbocycles. The summed E-state index contributed by atoms with van der Waals surface area (Å²) < 4.78 is 0. The second-order valence-corrected chi connectivity index (χ2v) is 7.83. The number of hydrogen-bond acceptors (Lipinski definition) is 0. The van der Waals surface area contributed by atoms with Gasteiger partial charge in [0.1, 0.15) is 0 Å². The number of hydrogen-bond donors (Lipinski definition) is 0. The molecule has 0 N–H and O–H groups in total. The molecule has 0 radical (unpaired) electrons. The van der Waals surface area contributed by atoms with E-state index >= 15 is 0 Å². The fourth-order valence-corrected chi connectivity index (χ4v) is 3.34. The van der Waals surface area contributed by atoms with Crippen molar-refractivity contribution in [3.8, 4) is 0 Å². The van der Waals surface area contributed by atoms with E-state index < -0.39 is 0 Å². The van der Waals surface area contributed by atoms with Crippen molar-refractivity contribution in [3.05, 3.63) is 70.3 Å². The Morgan fingerprint density at radius 3 is 2.46 bits per heavy atom. The molecular weight excluding hydrogens is 288 g/mol. The van der Waals surface area contributed by atoms with Crippen molar-refractivity contribution in [2.75, 3.05) is 0 Å². The molecule has 0 saturated heterocycles. The van der Waals surface area contributed by atoms with Gasteiger partial charge in [-0.3, -0.25) is 0 Å². The second-order valence-electron chi connectivity index (χ2n) is 7.83. The van der Waals surface area contributed by atoms with Crippen molar-refractivity contribution in [2.45, 2.75) is 73.1 Å². The Bertz CT molecular complexity index is 636. The molecule has 0 bridgehead atoms. The summed E-state index contributed by atoms with van der Waals surface area (Å²) in [5.41, 5.74) is 7.71. The SMILES string of the molecule is CCC(C)(CC)CCC1=C/C=C(\C)Cc2cc(C)ccc2C\C=C\1. The highest BCUT2D eigenvalue weighted by Crippen LogP contribution is 2.33. The van der Waals surface area contributed by atoms with Gasteiger partial charge >= 0.3 is 0 Å². The number of rotatable bonds is 5. The molecule has 130 valence electrons. The number of aryl methyl sites for hydroxylation is 1. The molecule has 1 aliphatic carbocycles. The van der Waals surface area contributed by atoms with Crippen LogP contribution in [0.5, 0.6) is 0 Å². The molecule has 0 nitrogen and oxygen atoms in total. The molecule has 0 heterocycles. The van der Waals surface area contributed by atoms with Crippen molar-refractivity contribution in [1.29, 1.82) is 0 Å². The second kappa shape index (κ2) is 8.51. The van der Waals surface area contributed by atoms with E-state index in [-0.39, 0.29) is 0 Å². The van der Waals surface area contributed by atoms with Crippen LogP contribution in [0.1, 0.15) is 70.1 Å². The summed E-state index contributed by atoms with van der Waals surface area (Å²) in [5.74, 6) is 0. The first-order valence-electron chi connectivity index (χ1n) is 9.57. The van der Waals surface area contributed by atoms with Crippen molar-refractivity contribution in [2.24, 2.45) is 5.41 Å². The molecule has 0 fully saturated rings. The maximum absolute atomic E-state index is 2.43. The van der Waals surface area contributed by atoms with Gasteiger partial charge in [0, 0.05) is 0 Å². The Balaban J connectivity index is 2.18. The lowest BCUT2D eigenvalue weighted by molar-refractivity contribution is 0.274. The van der Waals surface area contributed by atoms with Crippen LogP contribution in [-0.2, 0) is 12.8 Å². The number of allylic oxidation sites excluding steroid dienone is 6. The minimum atomic E-state index is 0.479. The van der Waals surface area contributed by atoms with E-state index in [0.29, 0.717) is 5.41 Å². The molecular formula is C24H34. The minimum absolute atomic E-state index is 0.479. The van der Waals surface area contributed by atoms with Gasteiger partial charge in [-0.25, -0.2) is 0 Å². The predicted molar refractivity (Wildman–Crippen MR) is 107 cm³/mol. The number of benzene rings is 1. The summed E-state index contributed by atoms with van der Waals surface area (Å²) in [7, 11) is 0. The molecule has 0 unspecified atom stereocenters. The lowest BCUT2D eigenvalue weighted by Gasteiger charge is -2.26. The van der Waals surface area contributed by atoms with Crippen molar-refractivity contribution in [3.63, 3.8) is 0 Å². The highest BCUT2D eigenvalue weighted by molar-refractivity contribution is 5.38. The quantitative estimate of drug-likeness (QED) is 0.541. The zero-order valence-electron chi connectivity index (χ0n) is 16.3. The Morgan fingerprint density at radius 2 is 1.75 bits per heavy atom. The van der Waals surface area contributed by atoms with Gasteiger partial charge in [-0.15, -0.1) is 0 Å². The maximum Gasteiger partial charge on any atom is -0.00638 e. The first-order valence-corrected chi connectivity index (χ1v) is 9.57.